The van der Waals surface area contributed by atoms with Gasteiger partial charge in [-0.1, -0.05) is 12.2 Å². The van der Waals surface area contributed by atoms with Crippen LogP contribution in [0.15, 0.2) is 12.2 Å². The number of hydrogen-bond acceptors (Lipinski definition) is 3. The van der Waals surface area contributed by atoms with Gasteiger partial charge in [0.1, 0.15) is 0 Å². The maximum absolute atomic E-state index is 5.51. The van der Waals surface area contributed by atoms with Gasteiger partial charge >= 0.3 is 0 Å². The summed E-state index contributed by atoms with van der Waals surface area (Å²) in [6.07, 6.45) is 7.52. The van der Waals surface area contributed by atoms with Gasteiger partial charge < -0.3 is 14.2 Å². The summed E-state index contributed by atoms with van der Waals surface area (Å²) in [7, 11) is 3.41. The smallest absolute Gasteiger partial charge is 0.160 e. The summed E-state index contributed by atoms with van der Waals surface area (Å²) >= 11 is 0. The van der Waals surface area contributed by atoms with E-state index in [1.165, 1.54) is 6.42 Å². The van der Waals surface area contributed by atoms with E-state index < -0.39 is 0 Å². The zero-order valence-corrected chi connectivity index (χ0v) is 9.07. The second kappa shape index (κ2) is 6.98. The molecule has 0 spiro atoms. The molecule has 1 aliphatic heterocycles. The molecule has 0 radical (unpaired) electrons. The van der Waals surface area contributed by atoms with Crippen molar-refractivity contribution in [3.05, 3.63) is 12.2 Å². The van der Waals surface area contributed by atoms with Gasteiger partial charge in [-0.05, 0) is 19.3 Å². The maximum atomic E-state index is 5.51. The second-order valence-electron chi connectivity index (χ2n) is 3.54. The molecule has 1 heterocycles. The molecular formula is C11H20O3. The van der Waals surface area contributed by atoms with Crippen molar-refractivity contribution >= 4 is 0 Å². The normalized spacial score (nSPS) is 28.4. The van der Waals surface area contributed by atoms with E-state index in [1.54, 1.807) is 14.2 Å². The van der Waals surface area contributed by atoms with Crippen LogP contribution < -0.4 is 0 Å². The van der Waals surface area contributed by atoms with Gasteiger partial charge in [0.05, 0.1) is 6.61 Å². The van der Waals surface area contributed by atoms with Crippen LogP contribution in [0, 0.1) is 5.92 Å². The van der Waals surface area contributed by atoms with Gasteiger partial charge in [-0.2, -0.15) is 0 Å². The Morgan fingerprint density at radius 3 is 2.93 bits per heavy atom. The van der Waals surface area contributed by atoms with Crippen LogP contribution in [-0.4, -0.2) is 33.7 Å². The predicted octanol–water partition coefficient (Wildman–Crippen LogP) is 1.98. The van der Waals surface area contributed by atoms with E-state index in [9.17, 15) is 0 Å². The molecule has 14 heavy (non-hydrogen) atoms. The van der Waals surface area contributed by atoms with Gasteiger partial charge in [-0.25, -0.2) is 0 Å². The Hall–Kier alpha value is -0.380. The fraction of sp³-hybridized carbons (Fsp3) is 0.818. The van der Waals surface area contributed by atoms with E-state index in [2.05, 4.69) is 6.08 Å². The third-order valence-corrected chi connectivity index (χ3v) is 2.49. The van der Waals surface area contributed by atoms with E-state index in [4.69, 9.17) is 14.2 Å². The van der Waals surface area contributed by atoms with Crippen molar-refractivity contribution in [3.63, 3.8) is 0 Å². The molecule has 0 amide bonds. The fourth-order valence-corrected chi connectivity index (χ4v) is 1.74. The quantitative estimate of drug-likeness (QED) is 0.635. The minimum atomic E-state index is -0.0176. The molecule has 0 bridgehead atoms. The Labute approximate surface area is 86.0 Å². The van der Waals surface area contributed by atoms with Crippen molar-refractivity contribution < 1.29 is 14.2 Å². The summed E-state index contributed by atoms with van der Waals surface area (Å²) in [4.78, 5) is 0. The SMILES string of the molecule is COC/C=C\CC1CCCOC1OC. The van der Waals surface area contributed by atoms with Crippen LogP contribution in [0.2, 0.25) is 0 Å². The third-order valence-electron chi connectivity index (χ3n) is 2.49. The Kier molecular flexibility index (Phi) is 5.83. The van der Waals surface area contributed by atoms with Crippen molar-refractivity contribution in [3.8, 4) is 0 Å². The first-order valence-electron chi connectivity index (χ1n) is 5.16. The van der Waals surface area contributed by atoms with Gasteiger partial charge in [0, 0.05) is 26.7 Å². The molecule has 3 heteroatoms. The second-order valence-corrected chi connectivity index (χ2v) is 3.54. The molecule has 0 saturated carbocycles. The van der Waals surface area contributed by atoms with Crippen LogP contribution in [-0.2, 0) is 14.2 Å². The Bertz CT molecular complexity index is 168. The Balaban J connectivity index is 2.26. The van der Waals surface area contributed by atoms with E-state index in [-0.39, 0.29) is 6.29 Å². The molecule has 0 aromatic rings. The highest BCUT2D eigenvalue weighted by Crippen LogP contribution is 2.24. The lowest BCUT2D eigenvalue weighted by molar-refractivity contribution is -0.176. The lowest BCUT2D eigenvalue weighted by atomic mass is 9.96. The number of ether oxygens (including phenoxy) is 3. The molecule has 1 fully saturated rings. The van der Waals surface area contributed by atoms with E-state index in [1.807, 2.05) is 6.08 Å². The molecule has 0 aliphatic carbocycles. The van der Waals surface area contributed by atoms with Crippen LogP contribution >= 0.6 is 0 Å². The molecule has 2 atom stereocenters. The van der Waals surface area contributed by atoms with Gasteiger partial charge in [-0.15, -0.1) is 0 Å². The number of rotatable bonds is 5. The predicted molar refractivity (Wildman–Crippen MR) is 55.1 cm³/mol. The molecule has 0 aromatic carbocycles. The topological polar surface area (TPSA) is 27.7 Å². The number of allylic oxidation sites excluding steroid dienone is 1. The van der Waals surface area contributed by atoms with Gasteiger partial charge in [0.2, 0.25) is 0 Å². The number of methoxy groups -OCH3 is 2. The molecular weight excluding hydrogens is 180 g/mol. The lowest BCUT2D eigenvalue weighted by Crippen LogP contribution is -2.30. The first-order valence-corrected chi connectivity index (χ1v) is 5.16. The molecule has 0 aromatic heterocycles. The average Bonchev–Trinajstić information content (AvgIpc) is 2.25. The highest BCUT2D eigenvalue weighted by Gasteiger charge is 2.24. The highest BCUT2D eigenvalue weighted by atomic mass is 16.7. The first kappa shape index (κ1) is 11.7. The van der Waals surface area contributed by atoms with Gasteiger partial charge in [-0.3, -0.25) is 0 Å². The van der Waals surface area contributed by atoms with E-state index >= 15 is 0 Å². The summed E-state index contributed by atoms with van der Waals surface area (Å²) < 4.78 is 15.7. The lowest BCUT2D eigenvalue weighted by Gasteiger charge is -2.29. The summed E-state index contributed by atoms with van der Waals surface area (Å²) in [5.41, 5.74) is 0. The Morgan fingerprint density at radius 2 is 2.21 bits per heavy atom. The monoisotopic (exact) mass is 200 g/mol. The molecule has 82 valence electrons. The van der Waals surface area contributed by atoms with Gasteiger partial charge in [0.15, 0.2) is 6.29 Å². The zero-order valence-electron chi connectivity index (χ0n) is 9.07. The van der Waals surface area contributed by atoms with E-state index in [0.29, 0.717) is 12.5 Å². The van der Waals surface area contributed by atoms with Crippen LogP contribution in [0.1, 0.15) is 19.3 Å². The molecule has 1 rings (SSSR count). The van der Waals surface area contributed by atoms with Crippen LogP contribution in [0.3, 0.4) is 0 Å². The summed E-state index contributed by atoms with van der Waals surface area (Å²) in [5.74, 6) is 0.502. The highest BCUT2D eigenvalue weighted by molar-refractivity contribution is 4.85. The minimum Gasteiger partial charge on any atom is -0.381 e. The summed E-state index contributed by atoms with van der Waals surface area (Å²) in [6.45, 7) is 1.52. The van der Waals surface area contributed by atoms with Crippen molar-refractivity contribution in [1.29, 1.82) is 0 Å². The van der Waals surface area contributed by atoms with Crippen LogP contribution in [0.5, 0.6) is 0 Å². The Morgan fingerprint density at radius 1 is 1.36 bits per heavy atom. The average molecular weight is 200 g/mol. The first-order chi connectivity index (χ1) is 6.88. The van der Waals surface area contributed by atoms with Crippen molar-refractivity contribution in [2.24, 2.45) is 5.92 Å². The molecule has 1 saturated heterocycles. The maximum Gasteiger partial charge on any atom is 0.160 e. The number of hydrogen-bond donors (Lipinski definition) is 0. The minimum absolute atomic E-state index is 0.0176. The zero-order chi connectivity index (χ0) is 10.2. The molecule has 2 unspecified atom stereocenters. The standard InChI is InChI=1S/C11H20O3/c1-12-8-4-3-6-10-7-5-9-14-11(10)13-2/h3-4,10-11H,5-9H2,1-2H3/b4-3-. The fourth-order valence-electron chi connectivity index (χ4n) is 1.74. The largest absolute Gasteiger partial charge is 0.381 e. The summed E-state index contributed by atoms with van der Waals surface area (Å²) in [5, 5.41) is 0. The molecule has 3 nitrogen and oxygen atoms in total. The van der Waals surface area contributed by atoms with Crippen LogP contribution in [0.4, 0.5) is 0 Å². The van der Waals surface area contributed by atoms with Crippen molar-refractivity contribution in [1.82, 2.24) is 0 Å². The van der Waals surface area contributed by atoms with Crippen LogP contribution in [0.25, 0.3) is 0 Å². The third kappa shape index (κ3) is 3.78. The van der Waals surface area contributed by atoms with Crippen molar-refractivity contribution in [2.45, 2.75) is 25.6 Å². The summed E-state index contributed by atoms with van der Waals surface area (Å²) in [6, 6.07) is 0. The molecule has 1 aliphatic rings. The van der Waals surface area contributed by atoms with Gasteiger partial charge in [0.25, 0.3) is 0 Å². The van der Waals surface area contributed by atoms with Crippen molar-refractivity contribution in [2.75, 3.05) is 27.4 Å². The molecule has 0 N–H and O–H groups in total. The van der Waals surface area contributed by atoms with E-state index in [0.717, 1.165) is 19.4 Å².